The van der Waals surface area contributed by atoms with Crippen LogP contribution in [0.1, 0.15) is 53.4 Å². The lowest BCUT2D eigenvalue weighted by Crippen LogP contribution is -2.51. The van der Waals surface area contributed by atoms with Gasteiger partial charge in [0.2, 0.25) is 0 Å². The Morgan fingerprint density at radius 3 is 2.52 bits per heavy atom. The minimum atomic E-state index is 0.162. The third-order valence-electron chi connectivity index (χ3n) is 4.87. The van der Waals surface area contributed by atoms with E-state index in [2.05, 4.69) is 42.8 Å². The number of nitrogens with zero attached hydrogens (tertiary/aromatic N) is 3. The molecule has 0 amide bonds. The molecule has 2 aliphatic heterocycles. The molecule has 0 aromatic rings. The Bertz CT molecular complexity index is 345. The first-order chi connectivity index (χ1) is 10.0. The van der Waals surface area contributed by atoms with E-state index in [9.17, 15) is 0 Å². The molecule has 0 aromatic carbocycles. The summed E-state index contributed by atoms with van der Waals surface area (Å²) in [5.74, 6) is 1.95. The molecule has 4 heteroatoms. The first-order valence-electron chi connectivity index (χ1n) is 8.81. The Kier molecular flexibility index (Phi) is 5.91. The van der Waals surface area contributed by atoms with Gasteiger partial charge in [0.05, 0.1) is 6.54 Å². The Labute approximate surface area is 131 Å². The summed E-state index contributed by atoms with van der Waals surface area (Å²) in [5.41, 5.74) is 0.162. The fourth-order valence-electron chi connectivity index (χ4n) is 3.46. The predicted octanol–water partition coefficient (Wildman–Crippen LogP) is 2.56. The van der Waals surface area contributed by atoms with E-state index in [4.69, 9.17) is 4.99 Å². The number of hydrogen-bond acceptors (Lipinski definition) is 2. The maximum Gasteiger partial charge on any atom is 0.193 e. The summed E-state index contributed by atoms with van der Waals surface area (Å²) < 4.78 is 0. The zero-order valence-corrected chi connectivity index (χ0v) is 14.5. The lowest BCUT2D eigenvalue weighted by atomic mass is 9.94. The molecule has 122 valence electrons. The van der Waals surface area contributed by atoms with Crippen molar-refractivity contribution >= 4 is 5.96 Å². The van der Waals surface area contributed by atoms with Gasteiger partial charge >= 0.3 is 0 Å². The first kappa shape index (κ1) is 16.6. The molecule has 2 fully saturated rings. The molecule has 1 atom stereocenters. The highest BCUT2D eigenvalue weighted by molar-refractivity contribution is 5.80. The van der Waals surface area contributed by atoms with Crippen LogP contribution in [0.15, 0.2) is 4.99 Å². The highest BCUT2D eigenvalue weighted by Crippen LogP contribution is 2.24. The minimum absolute atomic E-state index is 0.162. The van der Waals surface area contributed by atoms with Crippen LogP contribution < -0.4 is 5.32 Å². The van der Waals surface area contributed by atoms with Crippen molar-refractivity contribution in [2.45, 2.75) is 58.9 Å². The maximum atomic E-state index is 4.96. The lowest BCUT2D eigenvalue weighted by Gasteiger charge is -2.42. The smallest absolute Gasteiger partial charge is 0.193 e. The standard InChI is InChI=1S/C17H34N4/c1-5-18-16(20-10-6-7-11-20)19-14-17(3,4)21-12-8-9-15(2)13-21/h15H,5-14H2,1-4H3,(H,18,19). The van der Waals surface area contributed by atoms with Gasteiger partial charge in [-0.15, -0.1) is 0 Å². The highest BCUT2D eigenvalue weighted by Gasteiger charge is 2.30. The number of guanidine groups is 1. The number of piperidine rings is 1. The van der Waals surface area contributed by atoms with E-state index in [1.807, 2.05) is 0 Å². The second-order valence-electron chi connectivity index (χ2n) is 7.37. The van der Waals surface area contributed by atoms with E-state index in [0.29, 0.717) is 0 Å². The number of nitrogens with one attached hydrogen (secondary N) is 1. The van der Waals surface area contributed by atoms with Crippen molar-refractivity contribution in [2.24, 2.45) is 10.9 Å². The van der Waals surface area contributed by atoms with Crippen LogP contribution in [0.25, 0.3) is 0 Å². The lowest BCUT2D eigenvalue weighted by molar-refractivity contribution is 0.0773. The van der Waals surface area contributed by atoms with Crippen LogP contribution in [-0.2, 0) is 0 Å². The van der Waals surface area contributed by atoms with Gasteiger partial charge in [0.15, 0.2) is 5.96 Å². The zero-order valence-electron chi connectivity index (χ0n) is 14.5. The second kappa shape index (κ2) is 7.48. The summed E-state index contributed by atoms with van der Waals surface area (Å²) in [6.07, 6.45) is 5.32. The summed E-state index contributed by atoms with van der Waals surface area (Å²) in [6.45, 7) is 15.8. The topological polar surface area (TPSA) is 30.9 Å². The molecule has 1 N–H and O–H groups in total. The molecular formula is C17H34N4. The SMILES string of the molecule is CCNC(=NCC(C)(C)N1CCCC(C)C1)N1CCCC1. The molecule has 0 bridgehead atoms. The third kappa shape index (κ3) is 4.60. The monoisotopic (exact) mass is 294 g/mol. The van der Waals surface area contributed by atoms with Crippen molar-refractivity contribution in [3.63, 3.8) is 0 Å². The van der Waals surface area contributed by atoms with Crippen LogP contribution in [0, 0.1) is 5.92 Å². The van der Waals surface area contributed by atoms with E-state index in [-0.39, 0.29) is 5.54 Å². The molecule has 0 radical (unpaired) electrons. The van der Waals surface area contributed by atoms with Crippen molar-refractivity contribution in [2.75, 3.05) is 39.3 Å². The van der Waals surface area contributed by atoms with E-state index < -0.39 is 0 Å². The quantitative estimate of drug-likeness (QED) is 0.638. The Morgan fingerprint density at radius 2 is 1.90 bits per heavy atom. The van der Waals surface area contributed by atoms with Gasteiger partial charge < -0.3 is 10.2 Å². The second-order valence-corrected chi connectivity index (χ2v) is 7.37. The summed E-state index contributed by atoms with van der Waals surface area (Å²) in [6, 6.07) is 0. The van der Waals surface area contributed by atoms with Gasteiger partial charge in [-0.1, -0.05) is 6.92 Å². The van der Waals surface area contributed by atoms with E-state index in [0.717, 1.165) is 38.1 Å². The summed E-state index contributed by atoms with van der Waals surface area (Å²) >= 11 is 0. The molecule has 2 saturated heterocycles. The van der Waals surface area contributed by atoms with E-state index in [1.54, 1.807) is 0 Å². The Morgan fingerprint density at radius 1 is 1.19 bits per heavy atom. The van der Waals surface area contributed by atoms with Crippen LogP contribution in [-0.4, -0.2) is 60.6 Å². The molecule has 21 heavy (non-hydrogen) atoms. The zero-order chi connectivity index (χ0) is 15.3. The van der Waals surface area contributed by atoms with Crippen LogP contribution in [0.5, 0.6) is 0 Å². The Balaban J connectivity index is 1.97. The van der Waals surface area contributed by atoms with Gasteiger partial charge in [0.25, 0.3) is 0 Å². The van der Waals surface area contributed by atoms with Gasteiger partial charge in [-0.05, 0) is 58.9 Å². The Hall–Kier alpha value is -0.770. The largest absolute Gasteiger partial charge is 0.357 e. The average molecular weight is 294 g/mol. The molecule has 2 heterocycles. The van der Waals surface area contributed by atoms with Crippen molar-refractivity contribution in [1.29, 1.82) is 0 Å². The van der Waals surface area contributed by atoms with E-state index >= 15 is 0 Å². The summed E-state index contributed by atoms with van der Waals surface area (Å²) in [7, 11) is 0. The molecule has 0 aliphatic carbocycles. The molecular weight excluding hydrogens is 260 g/mol. The van der Waals surface area contributed by atoms with Gasteiger partial charge in [-0.2, -0.15) is 0 Å². The highest BCUT2D eigenvalue weighted by atomic mass is 15.3. The van der Waals surface area contributed by atoms with Crippen molar-refractivity contribution in [3.05, 3.63) is 0 Å². The maximum absolute atomic E-state index is 4.96. The molecule has 2 rings (SSSR count). The number of hydrogen-bond donors (Lipinski definition) is 1. The number of aliphatic imine (C=N–C) groups is 1. The number of rotatable bonds is 4. The van der Waals surface area contributed by atoms with Gasteiger partial charge in [0, 0.05) is 31.7 Å². The van der Waals surface area contributed by atoms with Crippen molar-refractivity contribution < 1.29 is 0 Å². The van der Waals surface area contributed by atoms with Crippen molar-refractivity contribution in [3.8, 4) is 0 Å². The summed E-state index contributed by atoms with van der Waals surface area (Å²) in [5, 5.41) is 3.47. The molecule has 2 aliphatic rings. The molecule has 0 saturated carbocycles. The van der Waals surface area contributed by atoms with Crippen LogP contribution in [0.4, 0.5) is 0 Å². The van der Waals surface area contributed by atoms with Crippen LogP contribution in [0.3, 0.4) is 0 Å². The fourth-order valence-corrected chi connectivity index (χ4v) is 3.46. The molecule has 0 spiro atoms. The molecule has 0 aromatic heterocycles. The van der Waals surface area contributed by atoms with Crippen LogP contribution in [0.2, 0.25) is 0 Å². The van der Waals surface area contributed by atoms with E-state index in [1.165, 1.54) is 38.8 Å². The van der Waals surface area contributed by atoms with Gasteiger partial charge in [0.1, 0.15) is 0 Å². The van der Waals surface area contributed by atoms with Crippen LogP contribution >= 0.6 is 0 Å². The van der Waals surface area contributed by atoms with Gasteiger partial charge in [-0.3, -0.25) is 9.89 Å². The molecule has 4 nitrogen and oxygen atoms in total. The minimum Gasteiger partial charge on any atom is -0.357 e. The first-order valence-corrected chi connectivity index (χ1v) is 8.81. The third-order valence-corrected chi connectivity index (χ3v) is 4.87. The predicted molar refractivity (Wildman–Crippen MR) is 90.8 cm³/mol. The normalized spacial score (nSPS) is 25.4. The fraction of sp³-hybridized carbons (Fsp3) is 0.941. The average Bonchev–Trinajstić information content (AvgIpc) is 2.97. The molecule has 1 unspecified atom stereocenters. The number of likely N-dealkylation sites (tertiary alicyclic amines) is 2. The summed E-state index contributed by atoms with van der Waals surface area (Å²) in [4.78, 5) is 10.0. The van der Waals surface area contributed by atoms with Gasteiger partial charge in [-0.25, -0.2) is 0 Å². The van der Waals surface area contributed by atoms with Crippen molar-refractivity contribution in [1.82, 2.24) is 15.1 Å².